The number of aromatic nitrogens is 2. The lowest BCUT2D eigenvalue weighted by Gasteiger charge is -2.26. The van der Waals surface area contributed by atoms with Gasteiger partial charge in [-0.05, 0) is 32.3 Å². The monoisotopic (exact) mass is 472 g/mol. The number of benzene rings is 1. The zero-order chi connectivity index (χ0) is 23.7. The maximum absolute atomic E-state index is 13.0. The lowest BCUT2D eigenvalue weighted by molar-refractivity contribution is 0.431. The van der Waals surface area contributed by atoms with Gasteiger partial charge in [-0.1, -0.05) is 69.4 Å². The number of aryl methyl sites for hydroxylation is 2. The van der Waals surface area contributed by atoms with Crippen LogP contribution in [-0.4, -0.2) is 54.6 Å². The first kappa shape index (κ1) is 25.6. The zero-order valence-electron chi connectivity index (χ0n) is 20.6. The average molecular weight is 473 g/mol. The fourth-order valence-corrected chi connectivity index (χ4v) is 6.16. The number of hydrogen-bond donors (Lipinski definition) is 0. The Morgan fingerprint density at radius 1 is 0.879 bits per heavy atom. The van der Waals surface area contributed by atoms with E-state index in [0.717, 1.165) is 61.5 Å². The van der Waals surface area contributed by atoms with Gasteiger partial charge >= 0.3 is 0 Å². The highest BCUT2D eigenvalue weighted by Gasteiger charge is 2.26. The van der Waals surface area contributed by atoms with Crippen molar-refractivity contribution < 1.29 is 8.42 Å². The minimum atomic E-state index is -3.21. The molecule has 33 heavy (non-hydrogen) atoms. The van der Waals surface area contributed by atoms with Crippen molar-refractivity contribution in [3.05, 3.63) is 53.0 Å². The van der Waals surface area contributed by atoms with Crippen LogP contribution in [0.1, 0.15) is 74.5 Å². The molecule has 0 amide bonds. The van der Waals surface area contributed by atoms with Crippen LogP contribution in [0.3, 0.4) is 0 Å². The molecule has 2 heterocycles. The Hall–Kier alpha value is -1.99. The molecule has 3 rings (SSSR count). The van der Waals surface area contributed by atoms with E-state index in [-0.39, 0.29) is 5.75 Å². The standard InChI is InChI=1S/C26H40N4O2S/c1-4-5-6-7-8-12-20-33(31,32)30-17-13-16-29(18-19-30)26-25(22(2)27-23(3)28-26)21-24-14-10-9-11-15-24/h9-11,14-15H,4-8,12-13,16-21H2,1-3H3. The number of unbranched alkanes of at least 4 members (excludes halogenated alkanes) is 5. The molecule has 0 radical (unpaired) electrons. The minimum Gasteiger partial charge on any atom is -0.355 e. The van der Waals surface area contributed by atoms with Gasteiger partial charge in [0.1, 0.15) is 11.6 Å². The Morgan fingerprint density at radius 3 is 2.36 bits per heavy atom. The number of anilines is 1. The lowest BCUT2D eigenvalue weighted by atomic mass is 10.0. The van der Waals surface area contributed by atoms with E-state index in [1.165, 1.54) is 24.8 Å². The van der Waals surface area contributed by atoms with Crippen molar-refractivity contribution in [1.82, 2.24) is 14.3 Å². The molecule has 2 aromatic rings. The Bertz CT molecular complexity index is 979. The second-order valence-corrected chi connectivity index (χ2v) is 11.2. The Labute approximate surface area is 200 Å². The third-order valence-corrected chi connectivity index (χ3v) is 8.39. The fourth-order valence-electron chi connectivity index (χ4n) is 4.56. The molecule has 0 N–H and O–H groups in total. The fraction of sp³-hybridized carbons (Fsp3) is 0.615. The lowest BCUT2D eigenvalue weighted by Crippen LogP contribution is -2.37. The van der Waals surface area contributed by atoms with Crippen molar-refractivity contribution in [3.8, 4) is 0 Å². The highest BCUT2D eigenvalue weighted by atomic mass is 32.2. The van der Waals surface area contributed by atoms with Crippen LogP contribution in [0.4, 0.5) is 5.82 Å². The van der Waals surface area contributed by atoms with Gasteiger partial charge in [0.15, 0.2) is 0 Å². The molecule has 0 unspecified atom stereocenters. The van der Waals surface area contributed by atoms with Crippen LogP contribution in [0.15, 0.2) is 30.3 Å². The summed E-state index contributed by atoms with van der Waals surface area (Å²) in [6, 6.07) is 10.4. The van der Waals surface area contributed by atoms with E-state index in [9.17, 15) is 8.42 Å². The maximum atomic E-state index is 13.0. The van der Waals surface area contributed by atoms with E-state index in [4.69, 9.17) is 4.98 Å². The van der Waals surface area contributed by atoms with Crippen LogP contribution >= 0.6 is 0 Å². The topological polar surface area (TPSA) is 66.4 Å². The second-order valence-electron chi connectivity index (χ2n) is 9.14. The van der Waals surface area contributed by atoms with Crippen molar-refractivity contribution >= 4 is 15.8 Å². The first-order valence-corrected chi connectivity index (χ1v) is 14.1. The SMILES string of the molecule is CCCCCCCCS(=O)(=O)N1CCCN(c2nc(C)nc(C)c2Cc2ccccc2)CC1. The number of sulfonamides is 1. The second kappa shape index (κ2) is 12.5. The van der Waals surface area contributed by atoms with Crippen LogP contribution in [0, 0.1) is 13.8 Å². The molecule has 1 aromatic heterocycles. The van der Waals surface area contributed by atoms with Crippen molar-refractivity contribution in [2.75, 3.05) is 36.8 Å². The maximum Gasteiger partial charge on any atom is 0.214 e. The van der Waals surface area contributed by atoms with E-state index in [1.807, 2.05) is 19.9 Å². The molecule has 0 saturated carbocycles. The van der Waals surface area contributed by atoms with Crippen molar-refractivity contribution in [3.63, 3.8) is 0 Å². The van der Waals surface area contributed by atoms with Gasteiger partial charge in [0, 0.05) is 43.9 Å². The van der Waals surface area contributed by atoms with Gasteiger partial charge in [0.05, 0.1) is 5.75 Å². The predicted molar refractivity (Wildman–Crippen MR) is 136 cm³/mol. The summed E-state index contributed by atoms with van der Waals surface area (Å²) in [5.41, 5.74) is 3.36. The van der Waals surface area contributed by atoms with E-state index < -0.39 is 10.0 Å². The average Bonchev–Trinajstić information content (AvgIpc) is 3.05. The van der Waals surface area contributed by atoms with Crippen molar-refractivity contribution in [1.29, 1.82) is 0 Å². The van der Waals surface area contributed by atoms with Crippen LogP contribution in [0.25, 0.3) is 0 Å². The zero-order valence-corrected chi connectivity index (χ0v) is 21.4. The Balaban J connectivity index is 1.66. The minimum absolute atomic E-state index is 0.268. The van der Waals surface area contributed by atoms with Gasteiger partial charge < -0.3 is 4.90 Å². The molecule has 1 aliphatic rings. The molecule has 182 valence electrons. The van der Waals surface area contributed by atoms with E-state index in [0.29, 0.717) is 19.6 Å². The molecule has 1 fully saturated rings. The van der Waals surface area contributed by atoms with Crippen LogP contribution in [-0.2, 0) is 16.4 Å². The van der Waals surface area contributed by atoms with Gasteiger partial charge in [0.25, 0.3) is 0 Å². The largest absolute Gasteiger partial charge is 0.355 e. The number of hydrogen-bond acceptors (Lipinski definition) is 5. The molecule has 6 nitrogen and oxygen atoms in total. The highest BCUT2D eigenvalue weighted by molar-refractivity contribution is 7.89. The Morgan fingerprint density at radius 2 is 1.61 bits per heavy atom. The molecule has 1 saturated heterocycles. The molecular formula is C26H40N4O2S. The quantitative estimate of drug-likeness (QED) is 0.436. The van der Waals surface area contributed by atoms with Gasteiger partial charge in [-0.25, -0.2) is 22.7 Å². The van der Waals surface area contributed by atoms with Gasteiger partial charge in [-0.15, -0.1) is 0 Å². The third kappa shape index (κ3) is 7.51. The van der Waals surface area contributed by atoms with Crippen LogP contribution in [0.5, 0.6) is 0 Å². The summed E-state index contributed by atoms with van der Waals surface area (Å²) in [7, 11) is -3.21. The molecule has 0 bridgehead atoms. The molecule has 0 spiro atoms. The summed E-state index contributed by atoms with van der Waals surface area (Å²) in [5, 5.41) is 0. The summed E-state index contributed by atoms with van der Waals surface area (Å²) < 4.78 is 27.6. The summed E-state index contributed by atoms with van der Waals surface area (Å²) in [6.45, 7) is 8.75. The van der Waals surface area contributed by atoms with Crippen molar-refractivity contribution in [2.45, 2.75) is 72.1 Å². The molecule has 0 aliphatic carbocycles. The summed E-state index contributed by atoms with van der Waals surface area (Å²) >= 11 is 0. The number of rotatable bonds is 11. The summed E-state index contributed by atoms with van der Waals surface area (Å²) in [6.07, 6.45) is 8.14. The normalized spacial score (nSPS) is 15.5. The first-order valence-electron chi connectivity index (χ1n) is 12.5. The van der Waals surface area contributed by atoms with Gasteiger partial charge in [-0.2, -0.15) is 0 Å². The molecule has 1 aliphatic heterocycles. The van der Waals surface area contributed by atoms with Gasteiger partial charge in [0.2, 0.25) is 10.0 Å². The van der Waals surface area contributed by atoms with Crippen molar-refractivity contribution in [2.24, 2.45) is 0 Å². The summed E-state index contributed by atoms with van der Waals surface area (Å²) in [4.78, 5) is 11.7. The molecule has 0 atom stereocenters. The molecular weight excluding hydrogens is 432 g/mol. The van der Waals surface area contributed by atoms with Gasteiger partial charge in [-0.3, -0.25) is 0 Å². The predicted octanol–water partition coefficient (Wildman–Crippen LogP) is 4.89. The number of nitrogens with zero attached hydrogens (tertiary/aromatic N) is 4. The van der Waals surface area contributed by atoms with E-state index >= 15 is 0 Å². The third-order valence-electron chi connectivity index (χ3n) is 6.43. The van der Waals surface area contributed by atoms with Crippen LogP contribution in [0.2, 0.25) is 0 Å². The Kier molecular flexibility index (Phi) is 9.68. The first-order chi connectivity index (χ1) is 15.9. The smallest absolute Gasteiger partial charge is 0.214 e. The van der Waals surface area contributed by atoms with E-state index in [2.05, 4.69) is 41.1 Å². The van der Waals surface area contributed by atoms with Crippen LogP contribution < -0.4 is 4.90 Å². The summed E-state index contributed by atoms with van der Waals surface area (Å²) in [5.74, 6) is 1.99. The van der Waals surface area contributed by atoms with E-state index in [1.54, 1.807) is 4.31 Å². The highest BCUT2D eigenvalue weighted by Crippen LogP contribution is 2.25. The molecule has 7 heteroatoms. The molecule has 1 aromatic carbocycles.